The molecular weight excluding hydrogens is 243 g/mol. The summed E-state index contributed by atoms with van der Waals surface area (Å²) in [6, 6.07) is 7.88. The zero-order valence-corrected chi connectivity index (χ0v) is 10.9. The number of ether oxygens (including phenoxy) is 1. The Morgan fingerprint density at radius 1 is 1.21 bits per heavy atom. The standard InChI is InChI=1S/C15H17FN2O/c1-2-8-17-10-12-7-9-18-11-15(12)19-14-5-3-13(16)4-6-14/h3-7,9,11,17H,2,8,10H2,1H3. The second-order valence-electron chi connectivity index (χ2n) is 4.22. The van der Waals surface area contributed by atoms with Crippen LogP contribution in [0.5, 0.6) is 11.5 Å². The lowest BCUT2D eigenvalue weighted by Gasteiger charge is -2.11. The molecule has 1 heterocycles. The van der Waals surface area contributed by atoms with Crippen LogP contribution in [0.4, 0.5) is 4.39 Å². The molecule has 0 bridgehead atoms. The van der Waals surface area contributed by atoms with Gasteiger partial charge in [0.15, 0.2) is 0 Å². The maximum atomic E-state index is 12.8. The Balaban J connectivity index is 2.08. The normalized spacial score (nSPS) is 10.4. The van der Waals surface area contributed by atoms with Crippen molar-refractivity contribution in [1.82, 2.24) is 10.3 Å². The predicted octanol–water partition coefficient (Wildman–Crippen LogP) is 3.51. The average Bonchev–Trinajstić information content (AvgIpc) is 2.43. The Labute approximate surface area is 112 Å². The molecule has 0 aliphatic carbocycles. The number of hydrogen-bond donors (Lipinski definition) is 1. The molecule has 100 valence electrons. The summed E-state index contributed by atoms with van der Waals surface area (Å²) in [7, 11) is 0. The minimum Gasteiger partial charge on any atom is -0.455 e. The molecule has 0 fully saturated rings. The average molecular weight is 260 g/mol. The third-order valence-electron chi connectivity index (χ3n) is 2.65. The van der Waals surface area contributed by atoms with E-state index in [1.165, 1.54) is 12.1 Å². The first-order valence-corrected chi connectivity index (χ1v) is 6.36. The first kappa shape index (κ1) is 13.5. The fourth-order valence-corrected chi connectivity index (χ4v) is 1.68. The number of pyridine rings is 1. The van der Waals surface area contributed by atoms with Gasteiger partial charge in [-0.15, -0.1) is 0 Å². The van der Waals surface area contributed by atoms with Gasteiger partial charge in [-0.1, -0.05) is 6.92 Å². The van der Waals surface area contributed by atoms with Crippen LogP contribution >= 0.6 is 0 Å². The van der Waals surface area contributed by atoms with Crippen molar-refractivity contribution in [3.63, 3.8) is 0 Å². The van der Waals surface area contributed by atoms with Gasteiger partial charge in [-0.3, -0.25) is 4.98 Å². The highest BCUT2D eigenvalue weighted by molar-refractivity contribution is 5.35. The van der Waals surface area contributed by atoms with E-state index in [-0.39, 0.29) is 5.82 Å². The van der Waals surface area contributed by atoms with Gasteiger partial charge in [-0.25, -0.2) is 4.39 Å². The van der Waals surface area contributed by atoms with Gasteiger partial charge in [0.2, 0.25) is 0 Å². The van der Waals surface area contributed by atoms with E-state index in [0.29, 0.717) is 11.5 Å². The lowest BCUT2D eigenvalue weighted by atomic mass is 10.2. The molecule has 0 aliphatic heterocycles. The van der Waals surface area contributed by atoms with E-state index < -0.39 is 0 Å². The van der Waals surface area contributed by atoms with E-state index in [2.05, 4.69) is 17.2 Å². The minimum atomic E-state index is -0.275. The largest absolute Gasteiger partial charge is 0.455 e. The SMILES string of the molecule is CCCNCc1ccncc1Oc1ccc(F)cc1. The summed E-state index contributed by atoms with van der Waals surface area (Å²) in [4.78, 5) is 4.06. The summed E-state index contributed by atoms with van der Waals surface area (Å²) >= 11 is 0. The molecule has 0 aliphatic rings. The fraction of sp³-hybridized carbons (Fsp3) is 0.267. The number of aromatic nitrogens is 1. The van der Waals surface area contributed by atoms with Crippen molar-refractivity contribution in [3.8, 4) is 11.5 Å². The molecule has 2 rings (SSSR count). The van der Waals surface area contributed by atoms with Gasteiger partial charge in [0.25, 0.3) is 0 Å². The van der Waals surface area contributed by atoms with Crippen molar-refractivity contribution in [2.45, 2.75) is 19.9 Å². The first-order chi connectivity index (χ1) is 9.29. The molecule has 1 aromatic heterocycles. The summed E-state index contributed by atoms with van der Waals surface area (Å²) < 4.78 is 18.6. The Kier molecular flexibility index (Phi) is 4.86. The van der Waals surface area contributed by atoms with Gasteiger partial charge in [0.05, 0.1) is 6.20 Å². The van der Waals surface area contributed by atoms with Crippen LogP contribution in [0.2, 0.25) is 0 Å². The number of hydrogen-bond acceptors (Lipinski definition) is 3. The van der Waals surface area contributed by atoms with Crippen LogP contribution in [0.15, 0.2) is 42.7 Å². The predicted molar refractivity (Wildman–Crippen MR) is 72.7 cm³/mol. The monoisotopic (exact) mass is 260 g/mol. The number of benzene rings is 1. The summed E-state index contributed by atoms with van der Waals surface area (Å²) in [6.45, 7) is 3.81. The van der Waals surface area contributed by atoms with Crippen LogP contribution < -0.4 is 10.1 Å². The van der Waals surface area contributed by atoms with E-state index >= 15 is 0 Å². The van der Waals surface area contributed by atoms with Crippen LogP contribution in [0.1, 0.15) is 18.9 Å². The second-order valence-corrected chi connectivity index (χ2v) is 4.22. The van der Waals surface area contributed by atoms with E-state index in [1.807, 2.05) is 6.07 Å². The molecule has 0 spiro atoms. The Morgan fingerprint density at radius 3 is 2.74 bits per heavy atom. The zero-order chi connectivity index (χ0) is 13.5. The fourth-order valence-electron chi connectivity index (χ4n) is 1.68. The van der Waals surface area contributed by atoms with Crippen molar-refractivity contribution in [1.29, 1.82) is 0 Å². The summed E-state index contributed by atoms with van der Waals surface area (Å²) in [5.74, 6) is 1.02. The van der Waals surface area contributed by atoms with Crippen LogP contribution in [0.25, 0.3) is 0 Å². The quantitative estimate of drug-likeness (QED) is 0.807. The van der Waals surface area contributed by atoms with Gasteiger partial charge < -0.3 is 10.1 Å². The highest BCUT2D eigenvalue weighted by Gasteiger charge is 2.04. The van der Waals surface area contributed by atoms with E-state index in [9.17, 15) is 4.39 Å². The molecule has 0 saturated heterocycles. The molecule has 0 saturated carbocycles. The molecule has 3 nitrogen and oxygen atoms in total. The van der Waals surface area contributed by atoms with Crippen LogP contribution in [0, 0.1) is 5.82 Å². The summed E-state index contributed by atoms with van der Waals surface area (Å²) in [6.07, 6.45) is 4.49. The number of rotatable bonds is 6. The lowest BCUT2D eigenvalue weighted by Crippen LogP contribution is -2.14. The molecular formula is C15H17FN2O. The second kappa shape index (κ2) is 6.85. The van der Waals surface area contributed by atoms with E-state index in [4.69, 9.17) is 4.74 Å². The van der Waals surface area contributed by atoms with Crippen molar-refractivity contribution >= 4 is 0 Å². The highest BCUT2D eigenvalue weighted by Crippen LogP contribution is 2.24. The van der Waals surface area contributed by atoms with Crippen molar-refractivity contribution in [3.05, 3.63) is 54.1 Å². The minimum absolute atomic E-state index is 0.275. The van der Waals surface area contributed by atoms with Crippen LogP contribution in [-0.2, 0) is 6.54 Å². The highest BCUT2D eigenvalue weighted by atomic mass is 19.1. The number of halogens is 1. The summed E-state index contributed by atoms with van der Waals surface area (Å²) in [5, 5.41) is 3.32. The van der Waals surface area contributed by atoms with Crippen LogP contribution in [-0.4, -0.2) is 11.5 Å². The molecule has 19 heavy (non-hydrogen) atoms. The van der Waals surface area contributed by atoms with Gasteiger partial charge >= 0.3 is 0 Å². The smallest absolute Gasteiger partial charge is 0.150 e. The van der Waals surface area contributed by atoms with Crippen molar-refractivity contribution in [2.75, 3.05) is 6.54 Å². The topological polar surface area (TPSA) is 34.2 Å². The third kappa shape index (κ3) is 4.03. The van der Waals surface area contributed by atoms with Crippen LogP contribution in [0.3, 0.4) is 0 Å². The van der Waals surface area contributed by atoms with Gasteiger partial charge in [-0.05, 0) is 43.3 Å². The molecule has 0 unspecified atom stereocenters. The van der Waals surface area contributed by atoms with Gasteiger partial charge in [0, 0.05) is 18.3 Å². The Bertz CT molecular complexity index is 514. The number of nitrogens with one attached hydrogen (secondary N) is 1. The zero-order valence-electron chi connectivity index (χ0n) is 10.9. The molecule has 2 aromatic rings. The molecule has 0 atom stereocenters. The van der Waals surface area contributed by atoms with Crippen molar-refractivity contribution in [2.24, 2.45) is 0 Å². The van der Waals surface area contributed by atoms with Gasteiger partial charge in [0.1, 0.15) is 17.3 Å². The van der Waals surface area contributed by atoms with E-state index in [0.717, 1.165) is 25.1 Å². The lowest BCUT2D eigenvalue weighted by molar-refractivity contribution is 0.468. The molecule has 1 N–H and O–H groups in total. The molecule has 4 heteroatoms. The Hall–Kier alpha value is -1.94. The third-order valence-corrected chi connectivity index (χ3v) is 2.65. The van der Waals surface area contributed by atoms with Crippen molar-refractivity contribution < 1.29 is 9.13 Å². The Morgan fingerprint density at radius 2 is 2.00 bits per heavy atom. The molecule has 0 amide bonds. The maximum Gasteiger partial charge on any atom is 0.150 e. The molecule has 0 radical (unpaired) electrons. The molecule has 1 aromatic carbocycles. The van der Waals surface area contributed by atoms with E-state index in [1.54, 1.807) is 24.5 Å². The number of nitrogens with zero attached hydrogens (tertiary/aromatic N) is 1. The first-order valence-electron chi connectivity index (χ1n) is 6.36. The maximum absolute atomic E-state index is 12.8. The summed E-state index contributed by atoms with van der Waals surface area (Å²) in [5.41, 5.74) is 1.03. The van der Waals surface area contributed by atoms with Gasteiger partial charge in [-0.2, -0.15) is 0 Å².